The van der Waals surface area contributed by atoms with Gasteiger partial charge in [0.1, 0.15) is 0 Å². The molecule has 1 heterocycles. The number of nitrogens with zero attached hydrogens (tertiary/aromatic N) is 3. The smallest absolute Gasteiger partial charge is 0.414 e. The van der Waals surface area contributed by atoms with Gasteiger partial charge in [0, 0.05) is 56.5 Å². The predicted molar refractivity (Wildman–Crippen MR) is 124 cm³/mol. The van der Waals surface area contributed by atoms with Gasteiger partial charge in [-0.3, -0.25) is 19.7 Å². The number of carboxylic acids is 2. The highest BCUT2D eigenvalue weighted by molar-refractivity contribution is 7.89. The summed E-state index contributed by atoms with van der Waals surface area (Å²) in [4.78, 5) is 53.8. The van der Waals surface area contributed by atoms with Crippen LogP contribution in [0.3, 0.4) is 0 Å². The van der Waals surface area contributed by atoms with Gasteiger partial charge in [0.2, 0.25) is 15.9 Å². The Morgan fingerprint density at radius 2 is 1.50 bits per heavy atom. The fourth-order valence-corrected chi connectivity index (χ4v) is 4.55. The van der Waals surface area contributed by atoms with E-state index in [0.29, 0.717) is 5.69 Å². The first-order valence-electron chi connectivity index (χ1n) is 10.2. The van der Waals surface area contributed by atoms with Gasteiger partial charge in [0.15, 0.2) is 0 Å². The van der Waals surface area contributed by atoms with Gasteiger partial charge < -0.3 is 20.4 Å². The van der Waals surface area contributed by atoms with Crippen molar-refractivity contribution in [2.75, 3.05) is 31.5 Å². The summed E-state index contributed by atoms with van der Waals surface area (Å²) in [5, 5.41) is 28.3. The summed E-state index contributed by atoms with van der Waals surface area (Å²) < 4.78 is 27.0. The van der Waals surface area contributed by atoms with E-state index in [2.05, 4.69) is 5.32 Å². The lowest BCUT2D eigenvalue weighted by Crippen LogP contribution is -2.50. The summed E-state index contributed by atoms with van der Waals surface area (Å²) in [5.74, 6) is -4.28. The summed E-state index contributed by atoms with van der Waals surface area (Å²) in [7, 11) is -3.75. The Kier molecular flexibility index (Phi) is 9.18. The number of hydrogen-bond donors (Lipinski definition) is 3. The molecule has 0 radical (unpaired) electrons. The third-order valence-electron chi connectivity index (χ3n) is 4.83. The quantitative estimate of drug-likeness (QED) is 0.287. The molecule has 1 fully saturated rings. The predicted octanol–water partition coefficient (Wildman–Crippen LogP) is 0.855. The van der Waals surface area contributed by atoms with Crippen LogP contribution in [0.4, 0.5) is 11.4 Å². The number of nitrogens with one attached hydrogen (secondary N) is 1. The maximum Gasteiger partial charge on any atom is 0.414 e. The number of nitro benzene ring substituents is 1. The summed E-state index contributed by atoms with van der Waals surface area (Å²) in [6.07, 6.45) is 0. The topological polar surface area (TPSA) is 205 Å². The molecule has 3 N–H and O–H groups in total. The highest BCUT2D eigenvalue weighted by Gasteiger charge is 2.30. The van der Waals surface area contributed by atoms with E-state index in [4.69, 9.17) is 19.8 Å². The molecule has 0 aromatic heterocycles. The lowest BCUT2D eigenvalue weighted by molar-refractivity contribution is -0.384. The molecule has 2 aromatic rings. The van der Waals surface area contributed by atoms with E-state index < -0.39 is 26.9 Å². The Morgan fingerprint density at radius 3 is 1.97 bits per heavy atom. The minimum absolute atomic E-state index is 0.0927. The summed E-state index contributed by atoms with van der Waals surface area (Å²) in [6, 6.07) is 11.3. The van der Waals surface area contributed by atoms with E-state index in [1.165, 1.54) is 64.7 Å². The van der Waals surface area contributed by atoms with Crippen LogP contribution in [0.15, 0.2) is 53.4 Å². The molecule has 0 unspecified atom stereocenters. The van der Waals surface area contributed by atoms with E-state index >= 15 is 0 Å². The second-order valence-electron chi connectivity index (χ2n) is 7.32. The zero-order valence-electron chi connectivity index (χ0n) is 18.9. The average Bonchev–Trinajstić information content (AvgIpc) is 2.84. The monoisotopic (exact) mass is 522 g/mol. The maximum absolute atomic E-state index is 12.8. The maximum atomic E-state index is 12.8. The standard InChI is InChI=1S/C19H20N4O6S.C2H2O4/c1-14(24)20-16-5-7-18(8-6-16)30(28,29)22-11-9-21(10-12-22)19(25)15-3-2-4-17(13-15)23(26)27;3-1(4)2(5)6/h2-8,13H,9-12H2,1H3,(H,20,24);(H,3,4)(H,5,6). The second kappa shape index (κ2) is 11.9. The lowest BCUT2D eigenvalue weighted by Gasteiger charge is -2.34. The van der Waals surface area contributed by atoms with Gasteiger partial charge in [0.05, 0.1) is 9.82 Å². The Bertz CT molecular complexity index is 1260. The number of non-ortho nitro benzene ring substituents is 1. The fraction of sp³-hybridized carbons (Fsp3) is 0.238. The molecule has 0 aliphatic carbocycles. The Balaban J connectivity index is 0.000000678. The molecule has 0 bridgehead atoms. The molecule has 1 aliphatic rings. The van der Waals surface area contributed by atoms with Crippen LogP contribution in [-0.4, -0.2) is 82.7 Å². The van der Waals surface area contributed by atoms with Crippen molar-refractivity contribution < 1.29 is 42.7 Å². The first-order chi connectivity index (χ1) is 16.8. The number of rotatable bonds is 5. The van der Waals surface area contributed by atoms with Crippen LogP contribution in [0.25, 0.3) is 0 Å². The van der Waals surface area contributed by atoms with Crippen molar-refractivity contribution in [3.05, 3.63) is 64.2 Å². The molecular weight excluding hydrogens is 500 g/mol. The first-order valence-corrected chi connectivity index (χ1v) is 11.6. The zero-order valence-corrected chi connectivity index (χ0v) is 19.7. The number of carboxylic acid groups (broad SMARTS) is 2. The number of piperazine rings is 1. The van der Waals surface area contributed by atoms with E-state index in [1.54, 1.807) is 0 Å². The molecule has 0 saturated carbocycles. The zero-order chi connectivity index (χ0) is 27.0. The van der Waals surface area contributed by atoms with Gasteiger partial charge in [-0.1, -0.05) is 6.07 Å². The molecule has 0 spiro atoms. The van der Waals surface area contributed by atoms with Crippen LogP contribution in [0.1, 0.15) is 17.3 Å². The van der Waals surface area contributed by atoms with Crippen LogP contribution in [0, 0.1) is 10.1 Å². The summed E-state index contributed by atoms with van der Waals surface area (Å²) in [6.45, 7) is 1.92. The second-order valence-corrected chi connectivity index (χ2v) is 9.26. The number of hydrogen-bond acceptors (Lipinski definition) is 8. The van der Waals surface area contributed by atoms with E-state index in [1.807, 2.05) is 0 Å². The van der Waals surface area contributed by atoms with Crippen molar-refractivity contribution in [1.82, 2.24) is 9.21 Å². The molecule has 0 atom stereocenters. The molecule has 2 amide bonds. The van der Waals surface area contributed by atoms with Crippen molar-refractivity contribution in [2.45, 2.75) is 11.8 Å². The molecule has 1 aliphatic heterocycles. The van der Waals surface area contributed by atoms with Gasteiger partial charge in [-0.05, 0) is 30.3 Å². The largest absolute Gasteiger partial charge is 0.473 e. The lowest BCUT2D eigenvalue weighted by atomic mass is 10.1. The van der Waals surface area contributed by atoms with Crippen molar-refractivity contribution in [3.63, 3.8) is 0 Å². The van der Waals surface area contributed by atoms with Crippen molar-refractivity contribution >= 4 is 45.2 Å². The highest BCUT2D eigenvalue weighted by Crippen LogP contribution is 2.21. The summed E-state index contributed by atoms with van der Waals surface area (Å²) in [5.41, 5.74) is 0.507. The Morgan fingerprint density at radius 1 is 0.944 bits per heavy atom. The number of carbonyl (C=O) groups excluding carboxylic acids is 2. The van der Waals surface area contributed by atoms with Crippen LogP contribution in [0.2, 0.25) is 0 Å². The number of carbonyl (C=O) groups is 4. The molecule has 14 nitrogen and oxygen atoms in total. The van der Waals surface area contributed by atoms with Crippen LogP contribution in [-0.2, 0) is 24.4 Å². The number of benzene rings is 2. The Labute approximate surface area is 204 Å². The van der Waals surface area contributed by atoms with Crippen molar-refractivity contribution in [1.29, 1.82) is 0 Å². The number of sulfonamides is 1. The van der Waals surface area contributed by atoms with Crippen molar-refractivity contribution in [2.24, 2.45) is 0 Å². The van der Waals surface area contributed by atoms with Crippen LogP contribution >= 0.6 is 0 Å². The minimum atomic E-state index is -3.75. The number of aliphatic carboxylic acids is 2. The van der Waals surface area contributed by atoms with Crippen molar-refractivity contribution in [3.8, 4) is 0 Å². The van der Waals surface area contributed by atoms with Gasteiger partial charge in [-0.25, -0.2) is 18.0 Å². The third kappa shape index (κ3) is 7.31. The van der Waals surface area contributed by atoms with Gasteiger partial charge in [-0.2, -0.15) is 4.31 Å². The van der Waals surface area contributed by atoms with Crippen LogP contribution < -0.4 is 5.32 Å². The highest BCUT2D eigenvalue weighted by atomic mass is 32.2. The third-order valence-corrected chi connectivity index (χ3v) is 6.74. The number of anilines is 1. The molecular formula is C21H22N4O10S. The molecule has 2 aromatic carbocycles. The van der Waals surface area contributed by atoms with Gasteiger partial charge in [-0.15, -0.1) is 0 Å². The minimum Gasteiger partial charge on any atom is -0.473 e. The molecule has 15 heteroatoms. The summed E-state index contributed by atoms with van der Waals surface area (Å²) >= 11 is 0. The van der Waals surface area contributed by atoms with Gasteiger partial charge >= 0.3 is 11.9 Å². The molecule has 1 saturated heterocycles. The SMILES string of the molecule is CC(=O)Nc1ccc(S(=O)(=O)N2CCN(C(=O)c3cccc([N+](=O)[O-])c3)CC2)cc1.O=C(O)C(=O)O. The average molecular weight is 522 g/mol. The first kappa shape index (κ1) is 27.9. The number of amides is 2. The van der Waals surface area contributed by atoms with Gasteiger partial charge in [0.25, 0.3) is 11.6 Å². The molecule has 36 heavy (non-hydrogen) atoms. The van der Waals surface area contributed by atoms with Crippen LogP contribution in [0.5, 0.6) is 0 Å². The Hall–Kier alpha value is -4.37. The number of nitro groups is 1. The van der Waals surface area contributed by atoms with E-state index in [-0.39, 0.29) is 54.1 Å². The molecule has 3 rings (SSSR count). The fourth-order valence-electron chi connectivity index (χ4n) is 3.13. The normalized spacial score (nSPS) is 13.6. The molecule has 192 valence electrons. The van der Waals surface area contributed by atoms with E-state index in [0.717, 1.165) is 0 Å². The van der Waals surface area contributed by atoms with E-state index in [9.17, 15) is 28.1 Å².